The van der Waals surface area contributed by atoms with Crippen molar-refractivity contribution in [3.63, 3.8) is 0 Å². The maximum atomic E-state index is 12.6. The number of rotatable bonds is 12. The van der Waals surface area contributed by atoms with E-state index >= 15 is 0 Å². The molecule has 0 radical (unpaired) electrons. The van der Waals surface area contributed by atoms with Crippen molar-refractivity contribution in [3.8, 4) is 0 Å². The number of carboxylic acids is 2. The maximum absolute atomic E-state index is 12.6. The van der Waals surface area contributed by atoms with Crippen molar-refractivity contribution < 1.29 is 48.3 Å². The van der Waals surface area contributed by atoms with Crippen LogP contribution >= 0.6 is 0 Å². The van der Waals surface area contributed by atoms with Crippen LogP contribution in [0.1, 0.15) is 40.5 Å². The highest BCUT2D eigenvalue weighted by Gasteiger charge is 2.23. The molecule has 1 saturated heterocycles. The lowest BCUT2D eigenvalue weighted by Gasteiger charge is -2.24. The summed E-state index contributed by atoms with van der Waals surface area (Å²) in [5.41, 5.74) is 0. The highest BCUT2D eigenvalue weighted by Crippen LogP contribution is 2.06. The van der Waals surface area contributed by atoms with E-state index in [0.29, 0.717) is 91.9 Å². The molecule has 0 spiro atoms. The Labute approximate surface area is 249 Å². The molecular formula is C28H52N4O10. The standard InChI is InChI=1S/C28H52N4O10/c1-21(2)17-23(27(35)36)29-25(33)19-31-5-9-39-13-15-41-11-7-32(8-12-42-16-14-40-10-6-31)20-26(34)30-24(28(37)38)18-22(3)4/h21-24H,5-20H2,1-4H3,(H,29,33)(H,30,34)(H,35,36)(H,37,38)/t23-,24-/m0/s1. The lowest BCUT2D eigenvalue weighted by Crippen LogP contribution is -2.47. The predicted molar refractivity (Wildman–Crippen MR) is 154 cm³/mol. The minimum atomic E-state index is -1.05. The van der Waals surface area contributed by atoms with E-state index in [2.05, 4.69) is 10.6 Å². The largest absolute Gasteiger partial charge is 0.480 e. The van der Waals surface area contributed by atoms with Crippen molar-refractivity contribution in [2.24, 2.45) is 11.8 Å². The Hall–Kier alpha value is -2.36. The zero-order valence-electron chi connectivity index (χ0n) is 25.7. The summed E-state index contributed by atoms with van der Waals surface area (Å²) in [6.07, 6.45) is 0.698. The molecule has 1 heterocycles. The van der Waals surface area contributed by atoms with E-state index in [-0.39, 0.29) is 36.7 Å². The molecule has 0 saturated carbocycles. The normalized spacial score (nSPS) is 19.4. The molecule has 14 heteroatoms. The smallest absolute Gasteiger partial charge is 0.326 e. The molecule has 0 aromatic rings. The Kier molecular flexibility index (Phi) is 19.9. The average Bonchev–Trinajstić information content (AvgIpc) is 2.89. The molecule has 0 bridgehead atoms. The van der Waals surface area contributed by atoms with Crippen molar-refractivity contribution in [1.29, 1.82) is 0 Å². The zero-order valence-corrected chi connectivity index (χ0v) is 25.7. The summed E-state index contributed by atoms with van der Waals surface area (Å²) in [5.74, 6) is -2.58. The van der Waals surface area contributed by atoms with Crippen LogP contribution in [0.25, 0.3) is 0 Å². The van der Waals surface area contributed by atoms with E-state index in [0.717, 1.165) is 0 Å². The minimum Gasteiger partial charge on any atom is -0.480 e. The van der Waals surface area contributed by atoms with Crippen molar-refractivity contribution >= 4 is 23.8 Å². The van der Waals surface area contributed by atoms with Gasteiger partial charge in [-0.1, -0.05) is 27.7 Å². The first-order valence-corrected chi connectivity index (χ1v) is 14.8. The monoisotopic (exact) mass is 604 g/mol. The van der Waals surface area contributed by atoms with Gasteiger partial charge in [0, 0.05) is 26.2 Å². The summed E-state index contributed by atoms with van der Waals surface area (Å²) in [4.78, 5) is 51.8. The molecule has 1 aliphatic rings. The minimum absolute atomic E-state index is 0.0235. The van der Waals surface area contributed by atoms with Gasteiger partial charge < -0.3 is 39.8 Å². The first-order chi connectivity index (χ1) is 20.0. The number of amides is 2. The lowest BCUT2D eigenvalue weighted by atomic mass is 10.0. The third kappa shape index (κ3) is 18.9. The number of nitrogens with one attached hydrogen (secondary N) is 2. The van der Waals surface area contributed by atoms with E-state index in [4.69, 9.17) is 18.9 Å². The SMILES string of the molecule is CC(C)C[C@H](NC(=O)CN1CCOCCOCCN(CC(=O)N[C@@H](CC(C)C)C(=O)O)CCOCCOCC1)C(=O)O. The molecular weight excluding hydrogens is 552 g/mol. The van der Waals surface area contributed by atoms with Crippen LogP contribution in [-0.2, 0) is 38.1 Å². The van der Waals surface area contributed by atoms with Crippen LogP contribution in [0.2, 0.25) is 0 Å². The van der Waals surface area contributed by atoms with Gasteiger partial charge in [-0.2, -0.15) is 0 Å². The van der Waals surface area contributed by atoms with Gasteiger partial charge in [-0.05, 0) is 24.7 Å². The highest BCUT2D eigenvalue weighted by molar-refractivity contribution is 5.85. The quantitative estimate of drug-likeness (QED) is 0.233. The molecule has 0 aliphatic carbocycles. The van der Waals surface area contributed by atoms with Gasteiger partial charge in [-0.3, -0.25) is 19.4 Å². The number of hydrogen-bond acceptors (Lipinski definition) is 10. The summed E-state index contributed by atoms with van der Waals surface area (Å²) in [7, 11) is 0. The maximum Gasteiger partial charge on any atom is 0.326 e. The van der Waals surface area contributed by atoms with E-state index in [1.54, 1.807) is 0 Å². The highest BCUT2D eigenvalue weighted by atomic mass is 16.5. The van der Waals surface area contributed by atoms with Gasteiger partial charge in [-0.25, -0.2) is 9.59 Å². The molecule has 0 aromatic heterocycles. The number of nitrogens with zero attached hydrogens (tertiary/aromatic N) is 2. The lowest BCUT2D eigenvalue weighted by molar-refractivity contribution is -0.142. The van der Waals surface area contributed by atoms with Gasteiger partial charge in [0.05, 0.1) is 65.9 Å². The van der Waals surface area contributed by atoms with Crippen LogP contribution in [0.3, 0.4) is 0 Å². The first kappa shape index (κ1) is 37.7. The van der Waals surface area contributed by atoms with Crippen molar-refractivity contribution in [2.75, 3.05) is 92.1 Å². The third-order valence-electron chi connectivity index (χ3n) is 6.37. The summed E-state index contributed by atoms with van der Waals surface area (Å²) in [6, 6.07) is -1.87. The van der Waals surface area contributed by atoms with Crippen molar-refractivity contribution in [1.82, 2.24) is 20.4 Å². The van der Waals surface area contributed by atoms with Gasteiger partial charge in [-0.15, -0.1) is 0 Å². The molecule has 0 aromatic carbocycles. The Morgan fingerprint density at radius 2 is 0.857 bits per heavy atom. The van der Waals surface area contributed by atoms with E-state index < -0.39 is 24.0 Å². The second-order valence-corrected chi connectivity index (χ2v) is 11.2. The molecule has 4 N–H and O–H groups in total. The summed E-state index contributed by atoms with van der Waals surface area (Å²) in [5, 5.41) is 24.0. The molecule has 0 unspecified atom stereocenters. The number of carbonyl (C=O) groups excluding carboxylic acids is 2. The van der Waals surface area contributed by atoms with E-state index in [1.807, 2.05) is 37.5 Å². The van der Waals surface area contributed by atoms with Crippen LogP contribution in [0.4, 0.5) is 0 Å². The van der Waals surface area contributed by atoms with Crippen LogP contribution in [0, 0.1) is 11.8 Å². The number of ether oxygens (including phenoxy) is 4. The number of hydrogen-bond donors (Lipinski definition) is 4. The van der Waals surface area contributed by atoms with Crippen molar-refractivity contribution in [2.45, 2.75) is 52.6 Å². The van der Waals surface area contributed by atoms with E-state index in [1.165, 1.54) is 0 Å². The Morgan fingerprint density at radius 1 is 0.571 bits per heavy atom. The molecule has 42 heavy (non-hydrogen) atoms. The second-order valence-electron chi connectivity index (χ2n) is 11.2. The van der Waals surface area contributed by atoms with Crippen LogP contribution in [-0.4, -0.2) is 148 Å². The molecule has 1 rings (SSSR count). The van der Waals surface area contributed by atoms with Gasteiger partial charge in [0.1, 0.15) is 12.1 Å². The van der Waals surface area contributed by atoms with Gasteiger partial charge in [0.25, 0.3) is 0 Å². The molecule has 14 nitrogen and oxygen atoms in total. The average molecular weight is 605 g/mol. The molecule has 2 amide bonds. The first-order valence-electron chi connectivity index (χ1n) is 14.8. The van der Waals surface area contributed by atoms with E-state index in [9.17, 15) is 29.4 Å². The summed E-state index contributed by atoms with van der Waals surface area (Å²) < 4.78 is 22.7. The third-order valence-corrected chi connectivity index (χ3v) is 6.37. The van der Waals surface area contributed by atoms with Crippen LogP contribution < -0.4 is 10.6 Å². The second kappa shape index (κ2) is 22.2. The van der Waals surface area contributed by atoms with Crippen LogP contribution in [0.15, 0.2) is 0 Å². The van der Waals surface area contributed by atoms with Crippen molar-refractivity contribution in [3.05, 3.63) is 0 Å². The molecule has 1 fully saturated rings. The Morgan fingerprint density at radius 3 is 1.10 bits per heavy atom. The fraction of sp³-hybridized carbons (Fsp3) is 0.857. The molecule has 2 atom stereocenters. The number of carboxylic acid groups (broad SMARTS) is 2. The zero-order chi connectivity index (χ0) is 31.3. The Bertz CT molecular complexity index is 715. The number of carbonyl (C=O) groups is 4. The molecule has 244 valence electrons. The van der Waals surface area contributed by atoms with Crippen LogP contribution in [0.5, 0.6) is 0 Å². The summed E-state index contributed by atoms with van der Waals surface area (Å²) >= 11 is 0. The Balaban J connectivity index is 2.57. The fourth-order valence-electron chi connectivity index (χ4n) is 4.23. The topological polar surface area (TPSA) is 176 Å². The molecule has 1 aliphatic heterocycles. The predicted octanol–water partition coefficient (Wildman–Crippen LogP) is -0.0986. The summed E-state index contributed by atoms with van der Waals surface area (Å²) in [6.45, 7) is 12.2. The van der Waals surface area contributed by atoms with Gasteiger partial charge >= 0.3 is 11.9 Å². The van der Waals surface area contributed by atoms with Gasteiger partial charge in [0.2, 0.25) is 11.8 Å². The number of aliphatic carboxylic acids is 2. The van der Waals surface area contributed by atoms with Gasteiger partial charge in [0.15, 0.2) is 0 Å². The fourth-order valence-corrected chi connectivity index (χ4v) is 4.23.